The van der Waals surface area contributed by atoms with Gasteiger partial charge in [0.05, 0.1) is 5.75 Å². The van der Waals surface area contributed by atoms with Crippen molar-refractivity contribution in [2.24, 2.45) is 0 Å². The molecule has 5 rings (SSSR count). The minimum absolute atomic E-state index is 0.0357. The van der Waals surface area contributed by atoms with Gasteiger partial charge in [-0.15, -0.1) is 10.2 Å². The average Bonchev–Trinajstić information content (AvgIpc) is 3.31. The summed E-state index contributed by atoms with van der Waals surface area (Å²) in [6.45, 7) is 0. The van der Waals surface area contributed by atoms with Gasteiger partial charge in [-0.3, -0.25) is 4.79 Å². The minimum Gasteiger partial charge on any atom is -0.378 e. The van der Waals surface area contributed by atoms with Crippen molar-refractivity contribution in [2.75, 3.05) is 30.1 Å². The lowest BCUT2D eigenvalue weighted by Gasteiger charge is -2.25. The Hall–Kier alpha value is -3.32. The summed E-state index contributed by atoms with van der Waals surface area (Å²) in [6, 6.07) is 23.2. The molecule has 7 heteroatoms. The fraction of sp³-hybridized carbons (Fsp3) is 0.345. The number of aromatic nitrogens is 3. The van der Waals surface area contributed by atoms with E-state index in [1.807, 2.05) is 43.3 Å². The highest BCUT2D eigenvalue weighted by atomic mass is 32.2. The molecule has 1 N–H and O–H groups in total. The van der Waals surface area contributed by atoms with Crippen molar-refractivity contribution in [3.8, 4) is 0 Å². The summed E-state index contributed by atoms with van der Waals surface area (Å²) >= 11 is 1.48. The highest BCUT2D eigenvalue weighted by Gasteiger charge is 2.24. The first-order chi connectivity index (χ1) is 17.6. The van der Waals surface area contributed by atoms with Gasteiger partial charge in [-0.1, -0.05) is 73.5 Å². The van der Waals surface area contributed by atoms with E-state index >= 15 is 0 Å². The van der Waals surface area contributed by atoms with Crippen LogP contribution in [0.1, 0.15) is 49.5 Å². The Morgan fingerprint density at radius 1 is 0.972 bits per heavy atom. The number of thioether (sulfide) groups is 1. The zero-order valence-corrected chi connectivity index (χ0v) is 21.8. The molecule has 1 aromatic heterocycles. The number of carbonyl (C=O) groups excluding carboxylic acids is 1. The molecule has 3 aromatic carbocycles. The van der Waals surface area contributed by atoms with Gasteiger partial charge in [0.25, 0.3) is 0 Å². The summed E-state index contributed by atoms with van der Waals surface area (Å²) in [5, 5.41) is 15.6. The lowest BCUT2D eigenvalue weighted by molar-refractivity contribution is -0.113. The maximum Gasteiger partial charge on any atom is 0.234 e. The third kappa shape index (κ3) is 5.57. The number of nitrogens with zero attached hydrogens (tertiary/aromatic N) is 4. The molecule has 0 aliphatic heterocycles. The van der Waals surface area contributed by atoms with Crippen LogP contribution in [0.15, 0.2) is 71.9 Å². The Kier molecular flexibility index (Phi) is 7.56. The molecule has 0 atom stereocenters. The molecule has 0 bridgehead atoms. The van der Waals surface area contributed by atoms with Crippen LogP contribution in [0, 0.1) is 0 Å². The summed E-state index contributed by atoms with van der Waals surface area (Å²) < 4.78 is 2.32. The molecule has 0 radical (unpaired) electrons. The second kappa shape index (κ2) is 11.2. The molecule has 0 saturated heterocycles. The van der Waals surface area contributed by atoms with E-state index < -0.39 is 0 Å². The maximum atomic E-state index is 12.7. The minimum atomic E-state index is -0.0357. The molecule has 6 nitrogen and oxygen atoms in total. The predicted octanol–water partition coefficient (Wildman–Crippen LogP) is 6.32. The molecule has 1 saturated carbocycles. The van der Waals surface area contributed by atoms with Gasteiger partial charge >= 0.3 is 0 Å². The fourth-order valence-corrected chi connectivity index (χ4v) is 5.84. The molecule has 0 unspecified atom stereocenters. The van der Waals surface area contributed by atoms with Crippen molar-refractivity contribution in [1.29, 1.82) is 0 Å². The summed E-state index contributed by atoms with van der Waals surface area (Å²) in [5.74, 6) is 1.25. The smallest absolute Gasteiger partial charge is 0.234 e. The summed E-state index contributed by atoms with van der Waals surface area (Å²) in [5.41, 5.74) is 3.16. The largest absolute Gasteiger partial charge is 0.378 e. The molecular weight excluding hydrogens is 466 g/mol. The highest BCUT2D eigenvalue weighted by molar-refractivity contribution is 7.99. The van der Waals surface area contributed by atoms with E-state index in [4.69, 9.17) is 0 Å². The van der Waals surface area contributed by atoms with Crippen LogP contribution in [0.4, 0.5) is 11.4 Å². The van der Waals surface area contributed by atoms with Gasteiger partial charge in [0, 0.05) is 37.9 Å². The van der Waals surface area contributed by atoms with E-state index in [2.05, 4.69) is 62.5 Å². The molecule has 4 aromatic rings. The van der Waals surface area contributed by atoms with Crippen molar-refractivity contribution in [2.45, 2.75) is 49.7 Å². The van der Waals surface area contributed by atoms with Gasteiger partial charge in [0.15, 0.2) is 5.16 Å². The van der Waals surface area contributed by atoms with Crippen LogP contribution in [0.3, 0.4) is 0 Å². The van der Waals surface area contributed by atoms with Gasteiger partial charge in [-0.25, -0.2) is 0 Å². The number of nitrogens with one attached hydrogen (secondary N) is 1. The van der Waals surface area contributed by atoms with Gasteiger partial charge in [-0.2, -0.15) is 0 Å². The molecule has 1 aliphatic rings. The molecule has 36 heavy (non-hydrogen) atoms. The van der Waals surface area contributed by atoms with Crippen LogP contribution >= 0.6 is 11.8 Å². The predicted molar refractivity (Wildman–Crippen MR) is 149 cm³/mol. The molecule has 0 spiro atoms. The second-order valence-electron chi connectivity index (χ2n) is 9.65. The van der Waals surface area contributed by atoms with Crippen molar-refractivity contribution in [3.05, 3.63) is 78.1 Å². The monoisotopic (exact) mass is 499 g/mol. The third-order valence-corrected chi connectivity index (χ3v) is 7.85. The zero-order chi connectivity index (χ0) is 24.9. The molecule has 1 fully saturated rings. The standard InChI is InChI=1S/C29H33N5OS/c1-33(2)24-17-15-23(16-18-24)30-28(35)20-36-29-32-31-27(34(29)25-12-4-3-5-13-25)19-22-11-8-10-21-9-6-7-14-26(21)22/h6-11,14-18,25H,3-5,12-13,19-20H2,1-2H3,(H,30,35). The zero-order valence-electron chi connectivity index (χ0n) is 21.0. The van der Waals surface area contributed by atoms with E-state index in [9.17, 15) is 4.79 Å². The van der Waals surface area contributed by atoms with Crippen LogP contribution in [0.2, 0.25) is 0 Å². The number of hydrogen-bond donors (Lipinski definition) is 1. The van der Waals surface area contributed by atoms with E-state index in [1.165, 1.54) is 47.4 Å². The summed E-state index contributed by atoms with van der Waals surface area (Å²) in [7, 11) is 4.00. The first-order valence-electron chi connectivity index (χ1n) is 12.7. The quantitative estimate of drug-likeness (QED) is 0.287. The summed E-state index contributed by atoms with van der Waals surface area (Å²) in [6.07, 6.45) is 6.75. The number of rotatable bonds is 8. The van der Waals surface area contributed by atoms with Crippen molar-refractivity contribution < 1.29 is 4.79 Å². The van der Waals surface area contributed by atoms with E-state index in [-0.39, 0.29) is 5.91 Å². The lowest BCUT2D eigenvalue weighted by atomic mass is 9.95. The van der Waals surface area contributed by atoms with Gasteiger partial charge < -0.3 is 14.8 Å². The Labute approximate surface area is 217 Å². The number of fused-ring (bicyclic) bond motifs is 1. The Morgan fingerprint density at radius 2 is 1.72 bits per heavy atom. The number of benzene rings is 3. The molecule has 1 aliphatic carbocycles. The number of hydrogen-bond acceptors (Lipinski definition) is 5. The normalized spacial score (nSPS) is 14.2. The third-order valence-electron chi connectivity index (χ3n) is 6.90. The van der Waals surface area contributed by atoms with Gasteiger partial charge in [0.1, 0.15) is 5.82 Å². The Morgan fingerprint density at radius 3 is 2.50 bits per heavy atom. The molecule has 186 valence electrons. The van der Waals surface area contributed by atoms with Crippen molar-refractivity contribution in [3.63, 3.8) is 0 Å². The lowest BCUT2D eigenvalue weighted by Crippen LogP contribution is -2.18. The van der Waals surface area contributed by atoms with Gasteiger partial charge in [0.2, 0.25) is 5.91 Å². The van der Waals surface area contributed by atoms with E-state index in [0.717, 1.165) is 41.6 Å². The number of anilines is 2. The van der Waals surface area contributed by atoms with Crippen LogP contribution in [0.25, 0.3) is 10.8 Å². The summed E-state index contributed by atoms with van der Waals surface area (Å²) in [4.78, 5) is 14.8. The number of carbonyl (C=O) groups is 1. The van der Waals surface area contributed by atoms with Gasteiger partial charge in [-0.05, 0) is 53.4 Å². The highest BCUT2D eigenvalue weighted by Crippen LogP contribution is 2.34. The average molecular weight is 500 g/mol. The van der Waals surface area contributed by atoms with E-state index in [0.29, 0.717) is 11.8 Å². The maximum absolute atomic E-state index is 12.7. The van der Waals surface area contributed by atoms with Crippen LogP contribution in [-0.4, -0.2) is 40.5 Å². The first-order valence-corrected chi connectivity index (χ1v) is 13.7. The topological polar surface area (TPSA) is 63.1 Å². The van der Waals surface area contributed by atoms with Crippen LogP contribution < -0.4 is 10.2 Å². The van der Waals surface area contributed by atoms with Crippen LogP contribution in [-0.2, 0) is 11.2 Å². The second-order valence-corrected chi connectivity index (χ2v) is 10.6. The molecular formula is C29H33N5OS. The Bertz CT molecular complexity index is 1320. The fourth-order valence-electron chi connectivity index (χ4n) is 5.02. The molecule has 1 heterocycles. The number of amides is 1. The SMILES string of the molecule is CN(C)c1ccc(NC(=O)CSc2nnc(Cc3cccc4ccccc34)n2C2CCCCC2)cc1. The molecule has 1 amide bonds. The first kappa shape index (κ1) is 24.4. The van der Waals surface area contributed by atoms with Crippen molar-refractivity contribution in [1.82, 2.24) is 14.8 Å². The van der Waals surface area contributed by atoms with Crippen molar-refractivity contribution >= 4 is 39.8 Å². The van der Waals surface area contributed by atoms with E-state index in [1.54, 1.807) is 0 Å². The van der Waals surface area contributed by atoms with Crippen LogP contribution in [0.5, 0.6) is 0 Å². The Balaban J connectivity index is 1.33.